The lowest BCUT2D eigenvalue weighted by molar-refractivity contribution is 0.667. The Morgan fingerprint density at radius 3 is 0.824 bits per heavy atom. The molecular weight excluding hydrogens is 833 g/mol. The Labute approximate surface area is 391 Å². The van der Waals surface area contributed by atoms with Crippen molar-refractivity contribution in [2.45, 2.75) is 0 Å². The van der Waals surface area contributed by atoms with E-state index in [0.717, 1.165) is 100.0 Å². The first-order valence-corrected chi connectivity index (χ1v) is 22.7. The number of fused-ring (bicyclic) bond motifs is 6. The minimum absolute atomic E-state index is 0.647. The van der Waals surface area contributed by atoms with E-state index in [-0.39, 0.29) is 0 Å². The van der Waals surface area contributed by atoms with Gasteiger partial charge in [-0.25, -0.2) is 19.9 Å². The Bertz CT molecular complexity index is 3960. The van der Waals surface area contributed by atoms with Gasteiger partial charge >= 0.3 is 0 Å². The van der Waals surface area contributed by atoms with Gasteiger partial charge in [0.2, 0.25) is 0 Å². The largest absolute Gasteiger partial charge is 0.452 e. The van der Waals surface area contributed by atoms with Crippen LogP contribution in [0.2, 0.25) is 0 Å². The fourth-order valence-electron chi connectivity index (χ4n) is 9.21. The summed E-state index contributed by atoms with van der Waals surface area (Å²) in [4.78, 5) is 20.5. The summed E-state index contributed by atoms with van der Waals surface area (Å²) in [5.41, 5.74) is 18.9. The molecule has 0 radical (unpaired) electrons. The monoisotopic (exact) mass is 870 g/mol. The lowest BCUT2D eigenvalue weighted by Crippen LogP contribution is -1.94. The number of para-hydroxylation sites is 2. The molecule has 4 aromatic heterocycles. The van der Waals surface area contributed by atoms with Gasteiger partial charge in [0, 0.05) is 33.0 Å². The molecule has 6 heteroatoms. The Balaban J connectivity index is 0.787. The molecule has 0 spiro atoms. The fourth-order valence-corrected chi connectivity index (χ4v) is 9.21. The van der Waals surface area contributed by atoms with Gasteiger partial charge in [-0.05, 0) is 68.8 Å². The van der Waals surface area contributed by atoms with Crippen molar-refractivity contribution >= 4 is 44.1 Å². The van der Waals surface area contributed by atoms with Gasteiger partial charge in [0.05, 0.1) is 0 Å². The van der Waals surface area contributed by atoms with E-state index < -0.39 is 0 Å². The first-order chi connectivity index (χ1) is 33.7. The van der Waals surface area contributed by atoms with Gasteiger partial charge in [-0.2, -0.15) is 0 Å². The average Bonchev–Trinajstić information content (AvgIpc) is 4.00. The van der Waals surface area contributed by atoms with Crippen LogP contribution in [0, 0.1) is 0 Å². The summed E-state index contributed by atoms with van der Waals surface area (Å²) in [7, 11) is 0. The summed E-state index contributed by atoms with van der Waals surface area (Å²) in [6.07, 6.45) is 0. The van der Waals surface area contributed by atoms with E-state index in [1.807, 2.05) is 48.5 Å². The van der Waals surface area contributed by atoms with Crippen molar-refractivity contribution in [1.82, 2.24) is 19.9 Å². The van der Waals surface area contributed by atoms with Gasteiger partial charge in [0.25, 0.3) is 0 Å². The van der Waals surface area contributed by atoms with Crippen LogP contribution in [0.3, 0.4) is 0 Å². The van der Waals surface area contributed by atoms with Gasteiger partial charge in [-0.1, -0.05) is 206 Å². The second-order valence-electron chi connectivity index (χ2n) is 17.0. The number of furan rings is 2. The van der Waals surface area contributed by atoms with E-state index in [0.29, 0.717) is 22.8 Å². The zero-order valence-electron chi connectivity index (χ0n) is 36.5. The average molecular weight is 871 g/mol. The zero-order chi connectivity index (χ0) is 45.0. The van der Waals surface area contributed by atoms with Crippen molar-refractivity contribution in [1.29, 1.82) is 0 Å². The summed E-state index contributed by atoms with van der Waals surface area (Å²) in [5.74, 6) is 1.30. The number of nitrogens with zero attached hydrogens (tertiary/aromatic N) is 4. The van der Waals surface area contributed by atoms with Crippen LogP contribution in [0.25, 0.3) is 134 Å². The lowest BCUT2D eigenvalue weighted by atomic mass is 9.98. The summed E-state index contributed by atoms with van der Waals surface area (Å²) in [6.45, 7) is 0. The molecule has 9 aromatic carbocycles. The van der Waals surface area contributed by atoms with Crippen LogP contribution in [0.4, 0.5) is 0 Å². The van der Waals surface area contributed by atoms with Crippen LogP contribution in [-0.4, -0.2) is 19.9 Å². The van der Waals surface area contributed by atoms with Gasteiger partial charge in [-0.15, -0.1) is 0 Å². The van der Waals surface area contributed by atoms with Crippen molar-refractivity contribution in [3.05, 3.63) is 231 Å². The van der Waals surface area contributed by atoms with Crippen molar-refractivity contribution in [2.75, 3.05) is 0 Å². The molecule has 4 heterocycles. The van der Waals surface area contributed by atoms with E-state index in [9.17, 15) is 0 Å². The number of rotatable bonds is 8. The maximum atomic E-state index is 6.44. The highest BCUT2D eigenvalue weighted by molar-refractivity contribution is 6.08. The molecule has 0 saturated carbocycles. The summed E-state index contributed by atoms with van der Waals surface area (Å²) in [6, 6.07) is 79.5. The third-order valence-electron chi connectivity index (χ3n) is 12.8. The van der Waals surface area contributed by atoms with Gasteiger partial charge in [-0.3, -0.25) is 0 Å². The van der Waals surface area contributed by atoms with Gasteiger partial charge in [0.15, 0.2) is 22.8 Å². The molecule has 0 fully saturated rings. The van der Waals surface area contributed by atoms with E-state index in [1.165, 1.54) is 11.1 Å². The Morgan fingerprint density at radius 1 is 0.221 bits per heavy atom. The molecule has 13 aromatic rings. The number of aromatic nitrogens is 4. The van der Waals surface area contributed by atoms with Crippen LogP contribution in [0.1, 0.15) is 0 Å². The number of hydrogen-bond acceptors (Lipinski definition) is 6. The van der Waals surface area contributed by atoms with E-state index in [2.05, 4.69) is 182 Å². The maximum Gasteiger partial charge on any atom is 0.180 e. The van der Waals surface area contributed by atoms with Crippen molar-refractivity contribution in [2.24, 2.45) is 0 Å². The number of benzene rings is 9. The minimum atomic E-state index is 0.647. The van der Waals surface area contributed by atoms with Crippen molar-refractivity contribution in [3.8, 4) is 89.8 Å². The van der Waals surface area contributed by atoms with Gasteiger partial charge < -0.3 is 8.83 Å². The predicted octanol–water partition coefficient (Wildman–Crippen LogP) is 16.4. The first-order valence-electron chi connectivity index (χ1n) is 22.7. The highest BCUT2D eigenvalue weighted by atomic mass is 16.3. The minimum Gasteiger partial charge on any atom is -0.452 e. The van der Waals surface area contributed by atoms with Crippen LogP contribution in [0.5, 0.6) is 0 Å². The standard InChI is InChI=1S/C62H38N4O2/c1-3-11-39(12-4-1)41-23-31-47(32-24-41)55-59-57(51-15-7-9-17-53(51)67-59)66-62(63-55)50-37-29-46(30-38-50)44-21-19-43(20-22-44)45-25-33-48(34-26-45)56-60-58(52-16-8-10-18-54(52)68-60)65-61(64-56)49-35-27-42(28-36-49)40-13-5-2-6-14-40/h1-38H. The SMILES string of the molecule is c1ccc(-c2ccc(-c3nc(-c4ccc(-c5ccc(-c6ccc(-c7nc(-c8ccc(-c9ccccc9)cc8)c8oc9ccccc9c8n7)cc6)cc5)cc4)c4oc5ccccc5c4n3)cc2)cc1. The maximum absolute atomic E-state index is 6.44. The van der Waals surface area contributed by atoms with Crippen LogP contribution in [-0.2, 0) is 0 Å². The second kappa shape index (κ2) is 16.3. The molecular formula is C62H38N4O2. The van der Waals surface area contributed by atoms with Crippen LogP contribution >= 0.6 is 0 Å². The molecule has 0 aliphatic rings. The molecule has 318 valence electrons. The topological polar surface area (TPSA) is 77.8 Å². The van der Waals surface area contributed by atoms with Crippen LogP contribution in [0.15, 0.2) is 239 Å². The van der Waals surface area contributed by atoms with E-state index in [1.54, 1.807) is 0 Å². The molecule has 6 nitrogen and oxygen atoms in total. The fraction of sp³-hybridized carbons (Fsp3) is 0. The molecule has 0 atom stereocenters. The third-order valence-corrected chi connectivity index (χ3v) is 12.8. The van der Waals surface area contributed by atoms with Crippen molar-refractivity contribution in [3.63, 3.8) is 0 Å². The molecule has 0 bridgehead atoms. The summed E-state index contributed by atoms with van der Waals surface area (Å²) >= 11 is 0. The lowest BCUT2D eigenvalue weighted by Gasteiger charge is -2.10. The second-order valence-corrected chi connectivity index (χ2v) is 17.0. The molecule has 0 aliphatic carbocycles. The molecule has 0 saturated heterocycles. The molecule has 68 heavy (non-hydrogen) atoms. The molecule has 0 N–H and O–H groups in total. The Morgan fingerprint density at radius 2 is 0.485 bits per heavy atom. The third kappa shape index (κ3) is 7.00. The molecule has 0 aliphatic heterocycles. The Kier molecular flexibility index (Phi) is 9.39. The molecule has 0 amide bonds. The van der Waals surface area contributed by atoms with E-state index >= 15 is 0 Å². The molecule has 13 rings (SSSR count). The zero-order valence-corrected chi connectivity index (χ0v) is 36.5. The predicted molar refractivity (Wildman–Crippen MR) is 276 cm³/mol. The normalized spacial score (nSPS) is 11.5. The van der Waals surface area contributed by atoms with Crippen LogP contribution < -0.4 is 0 Å². The smallest absolute Gasteiger partial charge is 0.180 e. The highest BCUT2D eigenvalue weighted by Gasteiger charge is 2.20. The van der Waals surface area contributed by atoms with Gasteiger partial charge in [0.1, 0.15) is 33.6 Å². The number of hydrogen-bond donors (Lipinski definition) is 0. The molecule has 0 unspecified atom stereocenters. The highest BCUT2D eigenvalue weighted by Crippen LogP contribution is 2.39. The quantitative estimate of drug-likeness (QED) is 0.151. The Hall–Kier alpha value is -9.26. The summed E-state index contributed by atoms with van der Waals surface area (Å²) in [5, 5.41) is 1.93. The van der Waals surface area contributed by atoms with E-state index in [4.69, 9.17) is 28.8 Å². The summed E-state index contributed by atoms with van der Waals surface area (Å²) < 4.78 is 12.9. The van der Waals surface area contributed by atoms with Crippen molar-refractivity contribution < 1.29 is 8.83 Å². The first kappa shape index (κ1) is 39.1.